The fraction of sp³-hybridized carbons (Fsp3) is 0.500. The van der Waals surface area contributed by atoms with Crippen molar-refractivity contribution in [1.29, 1.82) is 0 Å². The quantitative estimate of drug-likeness (QED) is 0.868. The zero-order valence-electron chi connectivity index (χ0n) is 8.42. The molecule has 1 aliphatic carbocycles. The number of hydrogen-bond donors (Lipinski definition) is 1. The third-order valence-electron chi connectivity index (χ3n) is 2.31. The highest BCUT2D eigenvalue weighted by molar-refractivity contribution is 5.39. The smallest absolute Gasteiger partial charge is 0.420 e. The van der Waals surface area contributed by atoms with Gasteiger partial charge in [-0.05, 0) is 18.4 Å². The minimum atomic E-state index is -4.46. The summed E-state index contributed by atoms with van der Waals surface area (Å²) < 4.78 is 43.6. The van der Waals surface area contributed by atoms with Crippen LogP contribution in [0.5, 0.6) is 5.75 Å². The van der Waals surface area contributed by atoms with Crippen LogP contribution in [0.1, 0.15) is 24.0 Å². The van der Waals surface area contributed by atoms with Crippen LogP contribution >= 0.6 is 0 Å². The van der Waals surface area contributed by atoms with Gasteiger partial charge >= 0.3 is 6.18 Å². The number of hydrogen-bond acceptors (Lipinski definition) is 3. The molecule has 0 aromatic carbocycles. The minimum absolute atomic E-state index is 0.0364. The standard InChI is InChI=1S/C10H11F3N2O/c11-10(12,13)9-6(3-14)4-15-5-8(9)16-7-1-2-7/h4-5,7H,1-3,14H2. The first-order valence-corrected chi connectivity index (χ1v) is 4.93. The van der Waals surface area contributed by atoms with Crippen LogP contribution in [0.3, 0.4) is 0 Å². The van der Waals surface area contributed by atoms with Gasteiger partial charge in [-0.2, -0.15) is 13.2 Å². The molecule has 0 amide bonds. The zero-order valence-corrected chi connectivity index (χ0v) is 8.42. The van der Waals surface area contributed by atoms with Crippen molar-refractivity contribution < 1.29 is 17.9 Å². The molecule has 0 bridgehead atoms. The number of nitrogens with two attached hydrogens (primary N) is 1. The summed E-state index contributed by atoms with van der Waals surface area (Å²) in [6, 6.07) is 0. The molecule has 3 nitrogen and oxygen atoms in total. The Balaban J connectivity index is 2.41. The van der Waals surface area contributed by atoms with Crippen LogP contribution in [0.15, 0.2) is 12.4 Å². The largest absolute Gasteiger partial charge is 0.488 e. The maximum atomic E-state index is 12.8. The van der Waals surface area contributed by atoms with Gasteiger partial charge in [0.05, 0.1) is 12.3 Å². The molecule has 16 heavy (non-hydrogen) atoms. The highest BCUT2D eigenvalue weighted by Crippen LogP contribution is 2.40. The molecule has 1 fully saturated rings. The maximum Gasteiger partial charge on any atom is 0.420 e. The van der Waals surface area contributed by atoms with Gasteiger partial charge in [0.1, 0.15) is 5.56 Å². The van der Waals surface area contributed by atoms with E-state index in [0.29, 0.717) is 0 Å². The minimum Gasteiger partial charge on any atom is -0.488 e. The summed E-state index contributed by atoms with van der Waals surface area (Å²) in [6.45, 7) is -0.205. The Morgan fingerprint density at radius 1 is 1.38 bits per heavy atom. The molecule has 0 unspecified atom stereocenters. The van der Waals surface area contributed by atoms with Crippen LogP contribution in [0, 0.1) is 0 Å². The van der Waals surface area contributed by atoms with Crippen molar-refractivity contribution in [2.45, 2.75) is 31.7 Å². The second-order valence-electron chi connectivity index (χ2n) is 3.69. The average Bonchev–Trinajstić information content (AvgIpc) is 2.99. The van der Waals surface area contributed by atoms with E-state index in [9.17, 15) is 13.2 Å². The molecule has 88 valence electrons. The lowest BCUT2D eigenvalue weighted by Crippen LogP contribution is -2.15. The summed E-state index contributed by atoms with van der Waals surface area (Å²) in [5.74, 6) is -0.210. The summed E-state index contributed by atoms with van der Waals surface area (Å²) in [6.07, 6.45) is -0.741. The molecule has 0 saturated heterocycles. The summed E-state index contributed by atoms with van der Waals surface area (Å²) in [7, 11) is 0. The van der Waals surface area contributed by atoms with E-state index >= 15 is 0 Å². The predicted octanol–water partition coefficient (Wildman–Crippen LogP) is 2.10. The highest BCUT2D eigenvalue weighted by atomic mass is 19.4. The summed E-state index contributed by atoms with van der Waals surface area (Å²) in [4.78, 5) is 3.71. The zero-order chi connectivity index (χ0) is 11.8. The molecule has 0 atom stereocenters. The lowest BCUT2D eigenvalue weighted by Gasteiger charge is -2.16. The van der Waals surface area contributed by atoms with Crippen LogP contribution in [-0.2, 0) is 12.7 Å². The van der Waals surface area contributed by atoms with Crippen molar-refractivity contribution in [3.8, 4) is 5.75 Å². The summed E-state index contributed by atoms with van der Waals surface area (Å²) in [5, 5.41) is 0. The van der Waals surface area contributed by atoms with E-state index in [1.807, 2.05) is 0 Å². The van der Waals surface area contributed by atoms with Gasteiger partial charge in [-0.15, -0.1) is 0 Å². The first-order valence-electron chi connectivity index (χ1n) is 4.93. The van der Waals surface area contributed by atoms with Crippen molar-refractivity contribution in [2.75, 3.05) is 0 Å². The number of ether oxygens (including phenoxy) is 1. The number of halogens is 3. The van der Waals surface area contributed by atoms with Crippen molar-refractivity contribution in [3.63, 3.8) is 0 Å². The molecular weight excluding hydrogens is 221 g/mol. The average molecular weight is 232 g/mol. The van der Waals surface area contributed by atoms with Gasteiger partial charge in [0.25, 0.3) is 0 Å². The van der Waals surface area contributed by atoms with Gasteiger partial charge in [-0.25, -0.2) is 0 Å². The van der Waals surface area contributed by atoms with Crippen LogP contribution in [-0.4, -0.2) is 11.1 Å². The monoisotopic (exact) mass is 232 g/mol. The summed E-state index contributed by atoms with van der Waals surface area (Å²) in [5.41, 5.74) is 4.44. The third-order valence-corrected chi connectivity index (χ3v) is 2.31. The molecule has 0 aliphatic heterocycles. The molecule has 6 heteroatoms. The molecule has 1 aliphatic rings. The van der Waals surface area contributed by atoms with Crippen molar-refractivity contribution in [1.82, 2.24) is 4.98 Å². The van der Waals surface area contributed by atoms with Crippen molar-refractivity contribution in [2.24, 2.45) is 5.73 Å². The van der Waals surface area contributed by atoms with Gasteiger partial charge in [0.2, 0.25) is 0 Å². The van der Waals surface area contributed by atoms with Gasteiger partial charge in [0, 0.05) is 12.7 Å². The molecular formula is C10H11F3N2O. The van der Waals surface area contributed by atoms with Crippen molar-refractivity contribution >= 4 is 0 Å². The molecule has 1 aromatic rings. The van der Waals surface area contributed by atoms with E-state index in [-0.39, 0.29) is 24.0 Å². The van der Waals surface area contributed by atoms with E-state index in [1.165, 1.54) is 0 Å². The molecule has 0 spiro atoms. The topological polar surface area (TPSA) is 48.1 Å². The Hall–Kier alpha value is -1.30. The summed E-state index contributed by atoms with van der Waals surface area (Å²) >= 11 is 0. The number of nitrogens with zero attached hydrogens (tertiary/aromatic N) is 1. The second-order valence-corrected chi connectivity index (χ2v) is 3.69. The van der Waals surface area contributed by atoms with Gasteiger partial charge in [-0.1, -0.05) is 0 Å². The van der Waals surface area contributed by atoms with Crippen LogP contribution in [0.4, 0.5) is 13.2 Å². The fourth-order valence-electron chi connectivity index (χ4n) is 1.41. The predicted molar refractivity (Wildman–Crippen MR) is 50.8 cm³/mol. The van der Waals surface area contributed by atoms with E-state index < -0.39 is 11.7 Å². The van der Waals surface area contributed by atoms with Gasteiger partial charge < -0.3 is 10.5 Å². The Labute approximate surface area is 90.4 Å². The van der Waals surface area contributed by atoms with Crippen molar-refractivity contribution in [3.05, 3.63) is 23.5 Å². The first kappa shape index (κ1) is 11.2. The fourth-order valence-corrected chi connectivity index (χ4v) is 1.41. The van der Waals surface area contributed by atoms with Gasteiger partial charge in [0.15, 0.2) is 5.75 Å². The first-order chi connectivity index (χ1) is 7.52. The number of aromatic nitrogens is 1. The van der Waals surface area contributed by atoms with Crippen LogP contribution in [0.2, 0.25) is 0 Å². The Bertz CT molecular complexity index is 388. The Morgan fingerprint density at radius 2 is 2.06 bits per heavy atom. The van der Waals surface area contributed by atoms with E-state index in [0.717, 1.165) is 25.2 Å². The van der Waals surface area contributed by atoms with E-state index in [2.05, 4.69) is 4.98 Å². The molecule has 1 aromatic heterocycles. The lowest BCUT2D eigenvalue weighted by atomic mass is 10.1. The molecule has 1 heterocycles. The molecule has 1 saturated carbocycles. The third kappa shape index (κ3) is 2.27. The van der Waals surface area contributed by atoms with E-state index in [1.54, 1.807) is 0 Å². The van der Waals surface area contributed by atoms with Crippen LogP contribution in [0.25, 0.3) is 0 Å². The Morgan fingerprint density at radius 3 is 2.56 bits per heavy atom. The number of rotatable bonds is 3. The highest BCUT2D eigenvalue weighted by Gasteiger charge is 2.38. The second kappa shape index (κ2) is 3.93. The SMILES string of the molecule is NCc1cncc(OC2CC2)c1C(F)(F)F. The molecule has 2 N–H and O–H groups in total. The number of alkyl halides is 3. The number of pyridine rings is 1. The maximum absolute atomic E-state index is 12.8. The van der Waals surface area contributed by atoms with Crippen LogP contribution < -0.4 is 10.5 Å². The van der Waals surface area contributed by atoms with Gasteiger partial charge in [-0.3, -0.25) is 4.98 Å². The normalized spacial score (nSPS) is 16.2. The molecule has 0 radical (unpaired) electrons. The lowest BCUT2D eigenvalue weighted by molar-refractivity contribution is -0.139. The Kier molecular flexibility index (Phi) is 2.75. The molecule has 2 rings (SSSR count). The van der Waals surface area contributed by atoms with E-state index in [4.69, 9.17) is 10.5 Å².